The van der Waals surface area contributed by atoms with Gasteiger partial charge < -0.3 is 34.3 Å². The summed E-state index contributed by atoms with van der Waals surface area (Å²) in [5.41, 5.74) is -1.30. The Kier molecular flexibility index (Phi) is 13.0. The molecule has 0 unspecified atom stereocenters. The molecule has 2 aromatic rings. The molecule has 59 heavy (non-hydrogen) atoms. The first kappa shape index (κ1) is 45.6. The Hall–Kier alpha value is -4.48. The van der Waals surface area contributed by atoms with E-state index in [0.717, 1.165) is 12.1 Å². The fraction of sp³-hybridized carbons (Fsp3) is 0.667. The van der Waals surface area contributed by atoms with Gasteiger partial charge in [-0.2, -0.15) is 4.98 Å². The van der Waals surface area contributed by atoms with Crippen molar-refractivity contribution in [2.45, 2.75) is 130 Å². The number of benzene rings is 1. The first-order valence-electron chi connectivity index (χ1n) is 20.6. The van der Waals surface area contributed by atoms with Crippen molar-refractivity contribution >= 4 is 38.3 Å². The predicted octanol–water partition coefficient (Wildman–Crippen LogP) is 5.56. The summed E-state index contributed by atoms with van der Waals surface area (Å²) >= 11 is 0. The molecular formula is C42H66N8O8Si. The topological polar surface area (TPSA) is 177 Å². The average Bonchev–Trinajstić information content (AvgIpc) is 3.61. The number of rotatable bonds is 10. The molecular weight excluding hydrogens is 773 g/mol. The van der Waals surface area contributed by atoms with E-state index in [0.29, 0.717) is 24.8 Å². The summed E-state index contributed by atoms with van der Waals surface area (Å²) in [6.07, 6.45) is 0.511. The molecule has 0 bridgehead atoms. The van der Waals surface area contributed by atoms with Gasteiger partial charge in [-0.25, -0.2) is 19.2 Å². The minimum atomic E-state index is -2.01. The van der Waals surface area contributed by atoms with E-state index in [2.05, 4.69) is 59.7 Å². The van der Waals surface area contributed by atoms with E-state index < -0.39 is 42.9 Å². The zero-order valence-electron chi connectivity index (χ0n) is 37.2. The number of carbonyl (C=O) groups is 4. The molecule has 1 aromatic carbocycles. The Labute approximate surface area is 349 Å². The predicted molar refractivity (Wildman–Crippen MR) is 228 cm³/mol. The van der Waals surface area contributed by atoms with Gasteiger partial charge in [-0.15, -0.1) is 0 Å². The van der Waals surface area contributed by atoms with Crippen LogP contribution in [0.1, 0.15) is 81.7 Å². The van der Waals surface area contributed by atoms with Crippen LogP contribution in [0.2, 0.25) is 18.1 Å². The number of alkyl carbamates (subject to hydrolysis) is 2. The van der Waals surface area contributed by atoms with Gasteiger partial charge in [-0.1, -0.05) is 32.9 Å². The lowest BCUT2D eigenvalue weighted by molar-refractivity contribution is -0.138. The van der Waals surface area contributed by atoms with Crippen LogP contribution in [0.15, 0.2) is 41.3 Å². The third kappa shape index (κ3) is 11.6. The summed E-state index contributed by atoms with van der Waals surface area (Å²) in [5.74, 6) is 0.427. The summed E-state index contributed by atoms with van der Waals surface area (Å²) in [6.45, 7) is 28.5. The van der Waals surface area contributed by atoms with Gasteiger partial charge in [0, 0.05) is 70.1 Å². The zero-order valence-corrected chi connectivity index (χ0v) is 38.2. The number of likely N-dealkylation sites (tertiary alicyclic amines) is 1. The molecule has 326 valence electrons. The van der Waals surface area contributed by atoms with Gasteiger partial charge in [-0.05, 0) is 103 Å². The average molecular weight is 839 g/mol. The molecule has 5 rings (SSSR count). The lowest BCUT2D eigenvalue weighted by Crippen LogP contribution is -2.60. The highest BCUT2D eigenvalue weighted by Crippen LogP contribution is 2.51. The minimum Gasteiger partial charge on any atom is -0.444 e. The molecule has 3 heterocycles. The van der Waals surface area contributed by atoms with Gasteiger partial charge in [0.25, 0.3) is 0 Å². The van der Waals surface area contributed by atoms with E-state index in [1.807, 2.05) is 45.0 Å². The van der Waals surface area contributed by atoms with E-state index >= 15 is 0 Å². The number of anilines is 1. The Morgan fingerprint density at radius 2 is 1.39 bits per heavy atom. The molecule has 16 nitrogen and oxygen atoms in total. The number of nitrogens with zero attached hydrogens (tertiary/aromatic N) is 5. The SMILES string of the molecule is CC(C)(C)OC(=O)N[C@@H]1[C@H]2CN(Cc3ccc(-n4ccc(NC(=O)N5CCN(C(=O)C(C)(C)NC(=O)OC(C)(C)C)CC5)nc4=O)cc3)[C@H](CO[Si](C)(C)C(C)(C)C)[C@H]21. The van der Waals surface area contributed by atoms with E-state index in [-0.39, 0.29) is 67.0 Å². The lowest BCUT2D eigenvalue weighted by atomic mass is 10.0. The van der Waals surface area contributed by atoms with E-state index in [1.165, 1.54) is 4.57 Å². The van der Waals surface area contributed by atoms with Crippen molar-refractivity contribution in [3.8, 4) is 5.69 Å². The lowest BCUT2D eigenvalue weighted by Gasteiger charge is -2.39. The van der Waals surface area contributed by atoms with Crippen molar-refractivity contribution in [2.24, 2.45) is 11.8 Å². The number of fused-ring (bicyclic) bond motifs is 1. The second-order valence-corrected chi connectivity index (χ2v) is 24.9. The number of urea groups is 1. The molecule has 5 amide bonds. The number of hydrogen-bond acceptors (Lipinski definition) is 10. The monoisotopic (exact) mass is 838 g/mol. The van der Waals surface area contributed by atoms with Crippen LogP contribution in [-0.4, -0.2) is 125 Å². The fourth-order valence-corrected chi connectivity index (χ4v) is 8.36. The van der Waals surface area contributed by atoms with Crippen molar-refractivity contribution in [3.05, 3.63) is 52.6 Å². The van der Waals surface area contributed by atoms with Crippen LogP contribution < -0.4 is 21.6 Å². The molecule has 2 aliphatic heterocycles. The third-order valence-corrected chi connectivity index (χ3v) is 16.0. The highest BCUT2D eigenvalue weighted by atomic mass is 28.4. The van der Waals surface area contributed by atoms with Crippen LogP contribution in [0.5, 0.6) is 0 Å². The number of aromatic nitrogens is 2. The van der Waals surface area contributed by atoms with Crippen LogP contribution in [0, 0.1) is 11.8 Å². The second-order valence-electron chi connectivity index (χ2n) is 20.1. The first-order valence-corrected chi connectivity index (χ1v) is 23.5. The number of carbonyl (C=O) groups excluding carboxylic acids is 4. The number of piperidine rings is 1. The largest absolute Gasteiger partial charge is 0.444 e. The van der Waals surface area contributed by atoms with Crippen LogP contribution in [-0.2, 0) is 25.2 Å². The van der Waals surface area contributed by atoms with Crippen molar-refractivity contribution in [3.63, 3.8) is 0 Å². The van der Waals surface area contributed by atoms with Gasteiger partial charge in [0.2, 0.25) is 5.91 Å². The van der Waals surface area contributed by atoms with Crippen LogP contribution >= 0.6 is 0 Å². The van der Waals surface area contributed by atoms with Crippen molar-refractivity contribution in [2.75, 3.05) is 44.6 Å². The molecule has 1 saturated carbocycles. The molecule has 3 aliphatic rings. The van der Waals surface area contributed by atoms with Crippen molar-refractivity contribution in [1.82, 2.24) is 34.9 Å². The standard InChI is InChI=1S/C42H66N8O8Si/c1-39(2,3)57-37(54)45-33-29-25-49(30(32(29)33)26-56-59(12,13)41(7,8)9)24-27-14-16-28(17-15-27)50-19-18-31(44-36(50)53)43-35(52)48-22-20-47(21-23-48)34(51)42(10,11)46-38(55)58-40(4,5)6/h14-19,29-30,32-33H,20-26H2,1-13H3,(H,45,54)(H,46,55)(H,43,44,52,53)/t29-,30+,32-,33+/m0/s1. The second kappa shape index (κ2) is 16.9. The normalized spacial score (nSPS) is 21.4. The number of ether oxygens (including phenoxy) is 2. The zero-order chi connectivity index (χ0) is 43.9. The minimum absolute atomic E-state index is 0.0541. The Morgan fingerprint density at radius 3 is 1.95 bits per heavy atom. The van der Waals surface area contributed by atoms with E-state index in [4.69, 9.17) is 13.9 Å². The molecule has 0 spiro atoms. The quantitative estimate of drug-likeness (QED) is 0.257. The van der Waals surface area contributed by atoms with Crippen molar-refractivity contribution < 1.29 is 33.1 Å². The highest BCUT2D eigenvalue weighted by Gasteiger charge is 2.62. The molecule has 0 radical (unpaired) electrons. The number of amides is 5. The molecule has 1 aromatic heterocycles. The highest BCUT2D eigenvalue weighted by molar-refractivity contribution is 6.74. The fourth-order valence-electron chi connectivity index (χ4n) is 7.34. The van der Waals surface area contributed by atoms with Gasteiger partial charge >= 0.3 is 23.9 Å². The van der Waals surface area contributed by atoms with Gasteiger partial charge in [0.05, 0.1) is 5.69 Å². The molecule has 1 aliphatic carbocycles. The van der Waals surface area contributed by atoms with E-state index in [1.54, 1.807) is 56.7 Å². The Bertz CT molecular complexity index is 1920. The molecule has 3 fully saturated rings. The molecule has 17 heteroatoms. The number of piperazine rings is 1. The molecule has 2 saturated heterocycles. The summed E-state index contributed by atoms with van der Waals surface area (Å²) in [4.78, 5) is 74.1. The number of hydrogen-bond donors (Lipinski definition) is 3. The van der Waals surface area contributed by atoms with Gasteiger partial charge in [0.15, 0.2) is 8.32 Å². The maximum Gasteiger partial charge on any atom is 0.408 e. The summed E-state index contributed by atoms with van der Waals surface area (Å²) in [7, 11) is -2.01. The maximum absolute atomic E-state index is 13.2. The summed E-state index contributed by atoms with van der Waals surface area (Å²) < 4.78 is 19.0. The smallest absolute Gasteiger partial charge is 0.408 e. The molecule has 3 N–H and O–H groups in total. The Morgan fingerprint density at radius 1 is 0.814 bits per heavy atom. The van der Waals surface area contributed by atoms with Crippen LogP contribution in [0.3, 0.4) is 0 Å². The van der Waals surface area contributed by atoms with Crippen LogP contribution in [0.25, 0.3) is 5.69 Å². The molecule has 4 atom stereocenters. The third-order valence-electron chi connectivity index (χ3n) is 11.5. The van der Waals surface area contributed by atoms with Crippen molar-refractivity contribution in [1.29, 1.82) is 0 Å². The summed E-state index contributed by atoms with van der Waals surface area (Å²) in [6, 6.07) is 9.10. The summed E-state index contributed by atoms with van der Waals surface area (Å²) in [5, 5.41) is 8.53. The maximum atomic E-state index is 13.2. The van der Waals surface area contributed by atoms with Gasteiger partial charge in [0.1, 0.15) is 22.6 Å². The van der Waals surface area contributed by atoms with E-state index in [9.17, 15) is 24.0 Å². The Balaban J connectivity index is 1.16. The van der Waals surface area contributed by atoms with Gasteiger partial charge in [-0.3, -0.25) is 19.6 Å². The first-order chi connectivity index (χ1) is 27.1. The van der Waals surface area contributed by atoms with Crippen LogP contribution in [0.4, 0.5) is 20.2 Å². The number of nitrogens with one attached hydrogen (secondary N) is 3.